The van der Waals surface area contributed by atoms with E-state index in [9.17, 15) is 4.79 Å². The number of fused-ring (bicyclic) bond motifs is 3. The molecule has 6 nitrogen and oxygen atoms in total. The first-order valence-corrected chi connectivity index (χ1v) is 10.1. The van der Waals surface area contributed by atoms with Gasteiger partial charge in [0.05, 0.1) is 6.04 Å². The minimum Gasteiger partial charge on any atom is -0.487 e. The third-order valence-electron chi connectivity index (χ3n) is 5.61. The van der Waals surface area contributed by atoms with E-state index < -0.39 is 23.9 Å². The van der Waals surface area contributed by atoms with E-state index in [1.807, 2.05) is 26.8 Å². The Kier molecular flexibility index (Phi) is 4.98. The van der Waals surface area contributed by atoms with Crippen molar-refractivity contribution in [3.05, 3.63) is 23.0 Å². The van der Waals surface area contributed by atoms with Gasteiger partial charge in [0.25, 0.3) is 0 Å². The number of ether oxygens (including phenoxy) is 2. The number of amides is 1. The summed E-state index contributed by atoms with van der Waals surface area (Å²) in [4.78, 5) is 14.4. The zero-order chi connectivity index (χ0) is 20.1. The van der Waals surface area contributed by atoms with Crippen LogP contribution in [0.5, 0.6) is 5.75 Å². The van der Waals surface area contributed by atoms with E-state index in [1.54, 1.807) is 11.0 Å². The molecule has 0 radical (unpaired) electrons. The van der Waals surface area contributed by atoms with Crippen LogP contribution in [0.15, 0.2) is 12.1 Å². The van der Waals surface area contributed by atoms with Crippen LogP contribution in [0.3, 0.4) is 0 Å². The molecule has 3 aliphatic heterocycles. The molecule has 3 aliphatic rings. The minimum atomic E-state index is -1.20. The lowest BCUT2D eigenvalue weighted by Gasteiger charge is -2.50. The lowest BCUT2D eigenvalue weighted by atomic mass is 9.73. The van der Waals surface area contributed by atoms with Gasteiger partial charge in [-0.1, -0.05) is 11.6 Å². The molecule has 2 saturated heterocycles. The normalized spacial score (nSPS) is 29.5. The van der Waals surface area contributed by atoms with Gasteiger partial charge in [0, 0.05) is 18.0 Å². The summed E-state index contributed by atoms with van der Waals surface area (Å²) in [5.74, 6) is 0.177. The van der Waals surface area contributed by atoms with Crippen LogP contribution < -0.4 is 4.74 Å². The summed E-state index contributed by atoms with van der Waals surface area (Å²) in [5.41, 5.74) is 0.746. The third kappa shape index (κ3) is 3.56. The number of halogens is 2. The molecule has 28 heavy (non-hydrogen) atoms. The van der Waals surface area contributed by atoms with E-state index in [2.05, 4.69) is 10.2 Å². The van der Waals surface area contributed by atoms with Gasteiger partial charge in [-0.15, -0.1) is 10.2 Å². The highest BCUT2D eigenvalue weighted by Gasteiger charge is 2.50. The van der Waals surface area contributed by atoms with Crippen LogP contribution in [0.1, 0.15) is 52.1 Å². The predicted octanol–water partition coefficient (Wildman–Crippen LogP) is 4.42. The molecule has 0 aliphatic carbocycles. The molecule has 1 aromatic heterocycles. The summed E-state index contributed by atoms with van der Waals surface area (Å²) < 4.78 is 26.9. The molecule has 4 atom stereocenters. The maximum Gasteiger partial charge on any atom is 0.410 e. The van der Waals surface area contributed by atoms with Crippen molar-refractivity contribution in [2.75, 3.05) is 6.61 Å². The van der Waals surface area contributed by atoms with Crippen molar-refractivity contribution in [1.29, 1.82) is 0 Å². The fourth-order valence-corrected chi connectivity index (χ4v) is 4.69. The largest absolute Gasteiger partial charge is 0.487 e. The first-order valence-electron chi connectivity index (χ1n) is 9.76. The topological polar surface area (TPSA) is 64.5 Å². The molecule has 2 fully saturated rings. The maximum atomic E-state index is 15.7. The SMILES string of the molecule is CC(C)(C)OC(=O)N1[C@@H]2CCC[C@H]1[C@H](F)[C@H](C1=CCOc3cc(Cl)nnc31)C2. The molecule has 4 heterocycles. The Balaban J connectivity index is 1.62. The van der Waals surface area contributed by atoms with Gasteiger partial charge in [-0.3, -0.25) is 4.90 Å². The average Bonchev–Trinajstić information content (AvgIpc) is 2.62. The predicted molar refractivity (Wildman–Crippen MR) is 103 cm³/mol. The third-order valence-corrected chi connectivity index (χ3v) is 5.80. The number of aromatic nitrogens is 2. The Morgan fingerprint density at radius 1 is 1.36 bits per heavy atom. The van der Waals surface area contributed by atoms with Crippen LogP contribution in [0.4, 0.5) is 9.18 Å². The zero-order valence-electron chi connectivity index (χ0n) is 16.3. The van der Waals surface area contributed by atoms with Crippen molar-refractivity contribution in [2.24, 2.45) is 5.92 Å². The van der Waals surface area contributed by atoms with E-state index in [1.165, 1.54) is 0 Å². The number of carbonyl (C=O) groups excluding carboxylic acids is 1. The van der Waals surface area contributed by atoms with Gasteiger partial charge in [-0.2, -0.15) is 0 Å². The van der Waals surface area contributed by atoms with Crippen LogP contribution in [0, 0.1) is 5.92 Å². The number of nitrogens with zero attached hydrogens (tertiary/aromatic N) is 3. The average molecular weight is 410 g/mol. The van der Waals surface area contributed by atoms with Crippen molar-refractivity contribution < 1.29 is 18.7 Å². The van der Waals surface area contributed by atoms with Crippen LogP contribution in [0.2, 0.25) is 5.15 Å². The van der Waals surface area contributed by atoms with Gasteiger partial charge < -0.3 is 9.47 Å². The Morgan fingerprint density at radius 3 is 2.89 bits per heavy atom. The molecular formula is C20H25ClFN3O3. The highest BCUT2D eigenvalue weighted by Crippen LogP contribution is 2.46. The number of rotatable bonds is 1. The Morgan fingerprint density at radius 2 is 2.14 bits per heavy atom. The standard InChI is InChI=1S/C20H25ClFN3O3/c1-20(2,3)28-19(26)25-11-5-4-6-14(25)17(22)13(9-11)12-7-8-27-15-10-16(21)23-24-18(12)15/h7,10-11,13-14,17H,4-6,8-9H2,1-3H3/t11-,13+,14+,17-/m1/s1. The molecule has 0 aromatic carbocycles. The Labute approximate surface area is 169 Å². The Bertz CT molecular complexity index is 810. The first-order chi connectivity index (χ1) is 13.2. The van der Waals surface area contributed by atoms with Gasteiger partial charge in [0.1, 0.15) is 24.1 Å². The van der Waals surface area contributed by atoms with Crippen LogP contribution in [0.25, 0.3) is 5.57 Å². The maximum absolute atomic E-state index is 15.7. The van der Waals surface area contributed by atoms with Gasteiger partial charge in [-0.25, -0.2) is 9.18 Å². The highest BCUT2D eigenvalue weighted by atomic mass is 35.5. The second-order valence-corrected chi connectivity index (χ2v) is 9.06. The molecule has 1 amide bonds. The number of piperidine rings is 2. The first kappa shape index (κ1) is 19.4. The van der Waals surface area contributed by atoms with Crippen molar-refractivity contribution in [3.8, 4) is 5.75 Å². The number of hydrogen-bond donors (Lipinski definition) is 0. The molecule has 4 rings (SSSR count). The molecule has 0 N–H and O–H groups in total. The molecule has 1 aromatic rings. The molecule has 152 valence electrons. The number of hydrogen-bond acceptors (Lipinski definition) is 5. The van der Waals surface area contributed by atoms with E-state index in [4.69, 9.17) is 21.1 Å². The van der Waals surface area contributed by atoms with Crippen molar-refractivity contribution >= 4 is 23.3 Å². The van der Waals surface area contributed by atoms with Gasteiger partial charge in [0.15, 0.2) is 10.9 Å². The summed E-state index contributed by atoms with van der Waals surface area (Å²) in [6.07, 6.45) is 3.19. The number of allylic oxidation sites excluding steroid dienone is 1. The number of alkyl halides is 1. The fraction of sp³-hybridized carbons (Fsp3) is 0.650. The van der Waals surface area contributed by atoms with Gasteiger partial charge in [0.2, 0.25) is 0 Å². The highest BCUT2D eigenvalue weighted by molar-refractivity contribution is 6.29. The molecule has 0 spiro atoms. The summed E-state index contributed by atoms with van der Waals surface area (Å²) in [6.45, 7) is 5.83. The van der Waals surface area contributed by atoms with E-state index in [0.717, 1.165) is 18.4 Å². The second kappa shape index (κ2) is 7.17. The molecular weight excluding hydrogens is 385 g/mol. The number of carbonyl (C=O) groups is 1. The summed E-state index contributed by atoms with van der Waals surface area (Å²) in [6, 6.07) is 1.08. The smallest absolute Gasteiger partial charge is 0.410 e. The zero-order valence-corrected chi connectivity index (χ0v) is 17.1. The van der Waals surface area contributed by atoms with Crippen LogP contribution >= 0.6 is 11.6 Å². The van der Waals surface area contributed by atoms with E-state index >= 15 is 4.39 Å². The molecule has 8 heteroatoms. The lowest BCUT2D eigenvalue weighted by Crippen LogP contribution is -2.61. The minimum absolute atomic E-state index is 0.0435. The lowest BCUT2D eigenvalue weighted by molar-refractivity contribution is -0.0508. The summed E-state index contributed by atoms with van der Waals surface area (Å²) in [7, 11) is 0. The van der Waals surface area contributed by atoms with Gasteiger partial charge in [-0.05, 0) is 58.1 Å². The van der Waals surface area contributed by atoms with E-state index in [-0.39, 0.29) is 17.1 Å². The summed E-state index contributed by atoms with van der Waals surface area (Å²) in [5, 5.41) is 8.31. The van der Waals surface area contributed by atoms with Crippen molar-refractivity contribution in [1.82, 2.24) is 15.1 Å². The van der Waals surface area contributed by atoms with Gasteiger partial charge >= 0.3 is 6.09 Å². The monoisotopic (exact) mass is 409 g/mol. The second-order valence-electron chi connectivity index (χ2n) is 8.68. The molecule has 0 saturated carbocycles. The summed E-state index contributed by atoms with van der Waals surface area (Å²) >= 11 is 5.92. The molecule has 2 bridgehead atoms. The molecule has 0 unspecified atom stereocenters. The fourth-order valence-electron chi connectivity index (χ4n) is 4.55. The van der Waals surface area contributed by atoms with Crippen LogP contribution in [-0.2, 0) is 4.74 Å². The quantitative estimate of drug-likeness (QED) is 0.686. The van der Waals surface area contributed by atoms with E-state index in [0.29, 0.717) is 30.9 Å². The van der Waals surface area contributed by atoms with Crippen molar-refractivity contribution in [2.45, 2.75) is 70.3 Å². The van der Waals surface area contributed by atoms with Crippen LogP contribution in [-0.4, -0.2) is 51.7 Å². The van der Waals surface area contributed by atoms with Crippen molar-refractivity contribution in [3.63, 3.8) is 0 Å². The Hall–Kier alpha value is -1.89.